The lowest BCUT2D eigenvalue weighted by molar-refractivity contribution is -0.143. The van der Waals surface area contributed by atoms with Crippen molar-refractivity contribution in [1.82, 2.24) is 14.4 Å². The fraction of sp³-hybridized carbons (Fsp3) is 0.333. The molecule has 0 N–H and O–H groups in total. The van der Waals surface area contributed by atoms with Gasteiger partial charge in [0.1, 0.15) is 5.92 Å². The molecular formula is C21H23N3O5. The van der Waals surface area contributed by atoms with Gasteiger partial charge in [0.05, 0.1) is 17.9 Å². The van der Waals surface area contributed by atoms with Gasteiger partial charge in [-0.1, -0.05) is 30.3 Å². The van der Waals surface area contributed by atoms with Crippen LogP contribution in [0.4, 0.5) is 4.79 Å². The number of rotatable bonds is 4. The smallest absolute Gasteiger partial charge is 0.340 e. The van der Waals surface area contributed by atoms with Gasteiger partial charge in [0.15, 0.2) is 0 Å². The van der Waals surface area contributed by atoms with Gasteiger partial charge in [-0.2, -0.15) is 0 Å². The first-order chi connectivity index (χ1) is 13.7. The Kier molecular flexibility index (Phi) is 5.28. The zero-order chi connectivity index (χ0) is 21.5. The van der Waals surface area contributed by atoms with E-state index in [1.807, 2.05) is 30.3 Å². The van der Waals surface area contributed by atoms with Crippen molar-refractivity contribution >= 4 is 23.8 Å². The topological polar surface area (TPSA) is 88.9 Å². The molecule has 2 heterocycles. The molecule has 0 atom stereocenters. The van der Waals surface area contributed by atoms with Crippen LogP contribution in [0.3, 0.4) is 0 Å². The van der Waals surface area contributed by atoms with Crippen LogP contribution in [-0.2, 0) is 21.4 Å². The van der Waals surface area contributed by atoms with Crippen LogP contribution in [0.15, 0.2) is 30.3 Å². The lowest BCUT2D eigenvalue weighted by Crippen LogP contribution is -2.56. The molecule has 2 aromatic rings. The maximum atomic E-state index is 13.0. The van der Waals surface area contributed by atoms with E-state index in [0.717, 1.165) is 15.4 Å². The Balaban J connectivity index is 2.35. The molecule has 0 saturated carbocycles. The fourth-order valence-electron chi connectivity index (χ4n) is 3.67. The van der Waals surface area contributed by atoms with E-state index in [1.165, 1.54) is 14.1 Å². The minimum absolute atomic E-state index is 0.151. The third-order valence-electron chi connectivity index (χ3n) is 5.27. The number of carbonyl (C=O) groups excluding carboxylic acids is 4. The fourth-order valence-corrected chi connectivity index (χ4v) is 3.67. The van der Waals surface area contributed by atoms with E-state index >= 15 is 0 Å². The van der Waals surface area contributed by atoms with Crippen molar-refractivity contribution in [2.75, 3.05) is 20.7 Å². The minimum Gasteiger partial charge on any atom is -0.462 e. The van der Waals surface area contributed by atoms with Crippen LogP contribution in [0.1, 0.15) is 34.5 Å². The number of aromatic nitrogens is 1. The van der Waals surface area contributed by atoms with E-state index in [9.17, 15) is 19.2 Å². The molecule has 1 fully saturated rings. The van der Waals surface area contributed by atoms with E-state index in [0.29, 0.717) is 11.4 Å². The molecule has 3 rings (SSSR count). The summed E-state index contributed by atoms with van der Waals surface area (Å²) < 4.78 is 6.99. The van der Waals surface area contributed by atoms with Gasteiger partial charge in [0, 0.05) is 32.4 Å². The normalized spacial score (nSPS) is 15.3. The second kappa shape index (κ2) is 7.54. The standard InChI is InChI=1S/C21H23N3O5/c1-6-29-20(27)14-12(2)22(3)17(13-10-8-7-9-11-13)15(14)16-18(25)23(4)21(28)24(5)19(16)26/h7-11,16H,6H2,1-5H3. The molecule has 1 aliphatic rings. The van der Waals surface area contributed by atoms with Crippen molar-refractivity contribution in [2.24, 2.45) is 7.05 Å². The zero-order valence-electron chi connectivity index (χ0n) is 17.1. The molecule has 1 aromatic heterocycles. The van der Waals surface area contributed by atoms with Crippen LogP contribution < -0.4 is 0 Å². The summed E-state index contributed by atoms with van der Waals surface area (Å²) in [6, 6.07) is 8.48. The highest BCUT2D eigenvalue weighted by atomic mass is 16.5. The molecule has 29 heavy (non-hydrogen) atoms. The van der Waals surface area contributed by atoms with Crippen LogP contribution in [-0.4, -0.2) is 58.9 Å². The average molecular weight is 397 g/mol. The van der Waals surface area contributed by atoms with Crippen molar-refractivity contribution in [1.29, 1.82) is 0 Å². The van der Waals surface area contributed by atoms with Crippen molar-refractivity contribution in [2.45, 2.75) is 19.8 Å². The highest BCUT2D eigenvalue weighted by Crippen LogP contribution is 2.39. The number of hydrogen-bond acceptors (Lipinski definition) is 5. The Hall–Kier alpha value is -3.42. The summed E-state index contributed by atoms with van der Waals surface area (Å²) >= 11 is 0. The number of urea groups is 1. The number of benzene rings is 1. The first kappa shape index (κ1) is 20.3. The Labute approximate surface area is 168 Å². The van der Waals surface area contributed by atoms with Gasteiger partial charge in [-0.3, -0.25) is 19.4 Å². The summed E-state index contributed by atoms with van der Waals surface area (Å²) in [6.07, 6.45) is 0. The minimum atomic E-state index is -1.32. The highest BCUT2D eigenvalue weighted by molar-refractivity contribution is 6.20. The third-order valence-corrected chi connectivity index (χ3v) is 5.27. The number of barbiturate groups is 1. The third kappa shape index (κ3) is 3.10. The molecule has 4 amide bonds. The van der Waals surface area contributed by atoms with E-state index in [4.69, 9.17) is 4.74 Å². The number of imide groups is 2. The second-order valence-corrected chi connectivity index (χ2v) is 6.88. The molecular weight excluding hydrogens is 374 g/mol. The number of carbonyl (C=O) groups is 4. The molecule has 152 valence electrons. The average Bonchev–Trinajstić information content (AvgIpc) is 2.96. The van der Waals surface area contributed by atoms with E-state index in [1.54, 1.807) is 25.5 Å². The van der Waals surface area contributed by atoms with Gasteiger partial charge < -0.3 is 9.30 Å². The summed E-state index contributed by atoms with van der Waals surface area (Å²) in [5, 5.41) is 0. The van der Waals surface area contributed by atoms with Gasteiger partial charge >= 0.3 is 12.0 Å². The van der Waals surface area contributed by atoms with Crippen LogP contribution in [0.25, 0.3) is 11.3 Å². The first-order valence-corrected chi connectivity index (χ1v) is 9.23. The van der Waals surface area contributed by atoms with Crippen molar-refractivity contribution < 1.29 is 23.9 Å². The molecule has 1 aromatic carbocycles. The second-order valence-electron chi connectivity index (χ2n) is 6.88. The summed E-state index contributed by atoms with van der Waals surface area (Å²) in [5.74, 6) is -3.28. The molecule has 0 radical (unpaired) electrons. The summed E-state index contributed by atoms with van der Waals surface area (Å²) in [7, 11) is 4.41. The van der Waals surface area contributed by atoms with E-state index in [2.05, 4.69) is 0 Å². The maximum absolute atomic E-state index is 13.0. The predicted molar refractivity (Wildman–Crippen MR) is 105 cm³/mol. The van der Waals surface area contributed by atoms with Crippen molar-refractivity contribution in [3.63, 3.8) is 0 Å². The molecule has 1 aliphatic heterocycles. The molecule has 0 unspecified atom stereocenters. The number of esters is 1. The summed E-state index contributed by atoms with van der Waals surface area (Å²) in [6.45, 7) is 3.57. The zero-order valence-corrected chi connectivity index (χ0v) is 17.1. The number of ether oxygens (including phenoxy) is 1. The van der Waals surface area contributed by atoms with Gasteiger partial charge in [-0.05, 0) is 19.4 Å². The van der Waals surface area contributed by atoms with Gasteiger partial charge in [0.2, 0.25) is 11.8 Å². The summed E-state index contributed by atoms with van der Waals surface area (Å²) in [4.78, 5) is 52.9. The van der Waals surface area contributed by atoms with E-state index < -0.39 is 29.7 Å². The Morgan fingerprint density at radius 3 is 2.07 bits per heavy atom. The number of amides is 4. The number of hydrogen-bond donors (Lipinski definition) is 0. The SMILES string of the molecule is CCOC(=O)c1c(C2C(=O)N(C)C(=O)N(C)C2=O)c(-c2ccccc2)n(C)c1C. The van der Waals surface area contributed by atoms with Crippen LogP contribution >= 0.6 is 0 Å². The molecule has 0 spiro atoms. The number of likely N-dealkylation sites (N-methyl/N-ethyl adjacent to an activating group) is 2. The largest absolute Gasteiger partial charge is 0.462 e. The Morgan fingerprint density at radius 2 is 1.55 bits per heavy atom. The lowest BCUT2D eigenvalue weighted by atomic mass is 9.88. The van der Waals surface area contributed by atoms with Crippen molar-refractivity contribution in [3.8, 4) is 11.3 Å². The van der Waals surface area contributed by atoms with Crippen molar-refractivity contribution in [3.05, 3.63) is 47.2 Å². The molecule has 0 aliphatic carbocycles. The van der Waals surface area contributed by atoms with Crippen LogP contribution in [0.5, 0.6) is 0 Å². The molecule has 1 saturated heterocycles. The summed E-state index contributed by atoms with van der Waals surface area (Å²) in [5.41, 5.74) is 2.31. The first-order valence-electron chi connectivity index (χ1n) is 9.23. The van der Waals surface area contributed by atoms with Gasteiger partial charge in [-0.15, -0.1) is 0 Å². The lowest BCUT2D eigenvalue weighted by Gasteiger charge is -2.33. The van der Waals surface area contributed by atoms with Gasteiger partial charge in [-0.25, -0.2) is 9.59 Å². The quantitative estimate of drug-likeness (QED) is 0.583. The van der Waals surface area contributed by atoms with Crippen LogP contribution in [0.2, 0.25) is 0 Å². The Bertz CT molecular complexity index is 985. The van der Waals surface area contributed by atoms with Gasteiger partial charge in [0.25, 0.3) is 0 Å². The maximum Gasteiger partial charge on any atom is 0.340 e. The predicted octanol–water partition coefficient (Wildman–Crippen LogP) is 2.31. The molecule has 8 heteroatoms. The molecule has 0 bridgehead atoms. The van der Waals surface area contributed by atoms with Crippen LogP contribution in [0, 0.1) is 6.92 Å². The monoisotopic (exact) mass is 397 g/mol. The molecule has 8 nitrogen and oxygen atoms in total. The Morgan fingerprint density at radius 1 is 1.00 bits per heavy atom. The van der Waals surface area contributed by atoms with E-state index in [-0.39, 0.29) is 17.7 Å². The highest BCUT2D eigenvalue weighted by Gasteiger charge is 2.47. The number of nitrogens with zero attached hydrogens (tertiary/aromatic N) is 3.